The minimum atomic E-state index is 0.288. The van der Waals surface area contributed by atoms with Crippen molar-refractivity contribution in [1.29, 1.82) is 10.5 Å². The van der Waals surface area contributed by atoms with Crippen molar-refractivity contribution < 1.29 is 9.47 Å². The average Bonchev–Trinajstić information content (AvgIpc) is 3.59. The lowest BCUT2D eigenvalue weighted by Gasteiger charge is -2.27. The summed E-state index contributed by atoms with van der Waals surface area (Å²) in [6.07, 6.45) is 20.9. The predicted octanol–water partition coefficient (Wildman–Crippen LogP) is 20.7. The Morgan fingerprint density at radius 2 is 0.671 bits per heavy atom. The van der Waals surface area contributed by atoms with Gasteiger partial charge in [-0.3, -0.25) is 0 Å². The molecule has 2 fully saturated rings. The van der Waals surface area contributed by atoms with E-state index in [2.05, 4.69) is 228 Å². The van der Waals surface area contributed by atoms with Crippen LogP contribution in [0.25, 0.3) is 67.4 Å². The molecule has 82 heavy (non-hydrogen) atoms. The van der Waals surface area contributed by atoms with E-state index in [0.717, 1.165) is 115 Å². The lowest BCUT2D eigenvalue weighted by molar-refractivity contribution is 0.155. The van der Waals surface area contributed by atoms with Crippen molar-refractivity contribution in [2.24, 2.45) is 0 Å². The molecule has 0 aliphatic heterocycles. The molecule has 0 radical (unpaired) electrons. The molecule has 0 aromatic heterocycles. The molecule has 6 nitrogen and oxygen atoms in total. The molecule has 2 aliphatic rings. The Morgan fingerprint density at radius 3 is 1.06 bits per heavy atom. The first kappa shape index (κ1) is 51.6. The molecule has 2 aliphatic carbocycles. The van der Waals surface area contributed by atoms with E-state index in [1.54, 1.807) is 0 Å². The summed E-state index contributed by atoms with van der Waals surface area (Å²) >= 11 is 0. The van der Waals surface area contributed by atoms with Crippen LogP contribution in [0.1, 0.15) is 97.6 Å². The maximum absolute atomic E-state index is 10.7. The van der Waals surface area contributed by atoms with Crippen LogP contribution in [0.15, 0.2) is 218 Å². The van der Waals surface area contributed by atoms with Gasteiger partial charge in [0, 0.05) is 55.1 Å². The maximum atomic E-state index is 10.7. The van der Waals surface area contributed by atoms with E-state index in [0.29, 0.717) is 11.1 Å². The normalized spacial score (nSPS) is 14.1. The standard InChI is InChI=1S/C76H62N4O2/c77-51-73-70-48-34-56(28-26-54-31-37-60(38-32-54)80(76-24-12-16-58-14-8-10-22-68(58)76)62-41-45-66(46-42-62)82-64-19-5-2-6-20-64)50-72(70)74(52-78)69-47-33-55(49-71(69)73)27-25-53-29-35-59(36-30-53)79(75-23-11-15-57-13-7-9-21-67(57)75)61-39-43-65(44-40-61)81-63-17-3-1-4-18-63/h7-16,21-50,63-64H,1-6,17-20H2. The van der Waals surface area contributed by atoms with Crippen molar-refractivity contribution in [3.63, 3.8) is 0 Å². The summed E-state index contributed by atoms with van der Waals surface area (Å²) in [4.78, 5) is 4.63. The van der Waals surface area contributed by atoms with Gasteiger partial charge >= 0.3 is 0 Å². The SMILES string of the molecule is N#Cc1c2ccc(C=Cc3ccc(N(c4ccc(OC5CCCCC5)cc4)c4cccc5ccccc45)cc3)cc2c(C#N)c2ccc(C=Cc3ccc(N(c4ccc(OC5CCCCC5)cc4)c4cccc5ccccc45)cc3)cc12. The first-order valence-corrected chi connectivity index (χ1v) is 29.0. The highest BCUT2D eigenvalue weighted by atomic mass is 16.5. The third-order valence-corrected chi connectivity index (χ3v) is 16.5. The summed E-state index contributed by atoms with van der Waals surface area (Å²) in [5, 5.41) is 29.2. The number of nitriles is 2. The van der Waals surface area contributed by atoms with Gasteiger partial charge in [-0.1, -0.05) is 158 Å². The molecule has 6 heteroatoms. The van der Waals surface area contributed by atoms with Crippen molar-refractivity contribution in [2.75, 3.05) is 9.80 Å². The fourth-order valence-corrected chi connectivity index (χ4v) is 12.3. The molecule has 0 spiro atoms. The molecule has 0 amide bonds. The van der Waals surface area contributed by atoms with Crippen LogP contribution >= 0.6 is 0 Å². The fraction of sp³-hybridized carbons (Fsp3) is 0.158. The zero-order valence-corrected chi connectivity index (χ0v) is 45.9. The van der Waals surface area contributed by atoms with E-state index in [1.807, 2.05) is 36.4 Å². The van der Waals surface area contributed by atoms with Crippen LogP contribution in [0.2, 0.25) is 0 Å². The smallest absolute Gasteiger partial charge is 0.119 e. The molecular weight excluding hydrogens is 1000 g/mol. The van der Waals surface area contributed by atoms with Crippen molar-refractivity contribution in [2.45, 2.75) is 76.4 Å². The quantitative estimate of drug-likeness (QED) is 0.0798. The molecule has 0 bridgehead atoms. The molecule has 0 saturated heterocycles. The van der Waals surface area contributed by atoms with Gasteiger partial charge in [0.15, 0.2) is 0 Å². The van der Waals surface area contributed by atoms with Crippen LogP contribution in [-0.4, -0.2) is 12.2 Å². The third-order valence-electron chi connectivity index (χ3n) is 16.5. The third kappa shape index (κ3) is 10.8. The Labute approximate surface area is 480 Å². The highest BCUT2D eigenvalue weighted by molar-refractivity contribution is 6.10. The van der Waals surface area contributed by atoms with Crippen LogP contribution in [0.4, 0.5) is 34.1 Å². The number of anilines is 6. The summed E-state index contributed by atoms with van der Waals surface area (Å²) in [6.45, 7) is 0. The van der Waals surface area contributed by atoms with Gasteiger partial charge in [-0.15, -0.1) is 0 Å². The molecule has 398 valence electrons. The van der Waals surface area contributed by atoms with Crippen LogP contribution in [0.5, 0.6) is 11.5 Å². The number of benzene rings is 11. The Bertz CT molecular complexity index is 3960. The molecular formula is C76H62N4O2. The number of hydrogen-bond donors (Lipinski definition) is 0. The number of fused-ring (bicyclic) bond motifs is 4. The van der Waals surface area contributed by atoms with E-state index < -0.39 is 0 Å². The van der Waals surface area contributed by atoms with E-state index in [-0.39, 0.29) is 12.2 Å². The Balaban J connectivity index is 0.750. The second-order valence-corrected chi connectivity index (χ2v) is 21.8. The zero-order chi connectivity index (χ0) is 55.2. The Kier molecular flexibility index (Phi) is 14.7. The van der Waals surface area contributed by atoms with Gasteiger partial charge in [0.2, 0.25) is 0 Å². The van der Waals surface area contributed by atoms with E-state index in [9.17, 15) is 10.5 Å². The van der Waals surface area contributed by atoms with Crippen LogP contribution < -0.4 is 19.3 Å². The van der Waals surface area contributed by atoms with Crippen LogP contribution in [0.3, 0.4) is 0 Å². The summed E-state index contributed by atoms with van der Waals surface area (Å²) in [5.74, 6) is 1.83. The van der Waals surface area contributed by atoms with Gasteiger partial charge in [0.1, 0.15) is 23.6 Å². The maximum Gasteiger partial charge on any atom is 0.119 e. The van der Waals surface area contributed by atoms with E-state index in [1.165, 1.54) is 60.1 Å². The van der Waals surface area contributed by atoms with Gasteiger partial charge < -0.3 is 19.3 Å². The van der Waals surface area contributed by atoms with Gasteiger partial charge in [0.05, 0.1) is 34.7 Å². The second kappa shape index (κ2) is 23.4. The van der Waals surface area contributed by atoms with Gasteiger partial charge in [0.25, 0.3) is 0 Å². The van der Waals surface area contributed by atoms with E-state index >= 15 is 0 Å². The largest absolute Gasteiger partial charge is 0.490 e. The average molecular weight is 1060 g/mol. The minimum absolute atomic E-state index is 0.288. The Hall–Kier alpha value is -9.88. The molecule has 0 unspecified atom stereocenters. The zero-order valence-electron chi connectivity index (χ0n) is 45.9. The minimum Gasteiger partial charge on any atom is -0.490 e. The fourth-order valence-electron chi connectivity index (χ4n) is 12.3. The molecule has 11 aromatic rings. The monoisotopic (exact) mass is 1060 g/mol. The number of nitrogens with zero attached hydrogens (tertiary/aromatic N) is 4. The van der Waals surface area contributed by atoms with Gasteiger partial charge in [-0.25, -0.2) is 0 Å². The van der Waals surface area contributed by atoms with Gasteiger partial charge in [-0.05, 0) is 181 Å². The molecule has 2 saturated carbocycles. The first-order valence-electron chi connectivity index (χ1n) is 29.0. The summed E-state index contributed by atoms with van der Waals surface area (Å²) in [5.41, 5.74) is 11.5. The number of hydrogen-bond acceptors (Lipinski definition) is 6. The number of ether oxygens (including phenoxy) is 2. The van der Waals surface area contributed by atoms with Crippen LogP contribution in [-0.2, 0) is 0 Å². The van der Waals surface area contributed by atoms with Crippen molar-refractivity contribution >= 4 is 102 Å². The van der Waals surface area contributed by atoms with Gasteiger partial charge in [-0.2, -0.15) is 10.5 Å². The molecule has 0 N–H and O–H groups in total. The first-order chi connectivity index (χ1) is 40.5. The highest BCUT2D eigenvalue weighted by Gasteiger charge is 2.21. The van der Waals surface area contributed by atoms with E-state index in [4.69, 9.17) is 9.47 Å². The molecule has 0 heterocycles. The van der Waals surface area contributed by atoms with Crippen molar-refractivity contribution in [3.8, 4) is 23.6 Å². The topological polar surface area (TPSA) is 72.5 Å². The van der Waals surface area contributed by atoms with Crippen molar-refractivity contribution in [1.82, 2.24) is 0 Å². The molecule has 11 aromatic carbocycles. The molecule has 13 rings (SSSR count). The highest BCUT2D eigenvalue weighted by Crippen LogP contribution is 2.43. The van der Waals surface area contributed by atoms with Crippen molar-refractivity contribution in [3.05, 3.63) is 252 Å². The lowest BCUT2D eigenvalue weighted by atomic mass is 9.90. The predicted molar refractivity (Wildman–Crippen MR) is 341 cm³/mol. The van der Waals surface area contributed by atoms with Crippen LogP contribution in [0, 0.1) is 22.7 Å². The molecule has 0 atom stereocenters. The second-order valence-electron chi connectivity index (χ2n) is 21.8. The summed E-state index contributed by atoms with van der Waals surface area (Å²) < 4.78 is 12.9. The Morgan fingerprint density at radius 1 is 0.329 bits per heavy atom. The lowest BCUT2D eigenvalue weighted by Crippen LogP contribution is -2.19. The summed E-state index contributed by atoms with van der Waals surface area (Å²) in [6, 6.07) is 81.4. The summed E-state index contributed by atoms with van der Waals surface area (Å²) in [7, 11) is 0. The number of rotatable bonds is 14.